The van der Waals surface area contributed by atoms with Crippen LogP contribution in [0.15, 0.2) is 36.2 Å². The quantitative estimate of drug-likeness (QED) is 0.868. The van der Waals surface area contributed by atoms with Crippen molar-refractivity contribution in [2.45, 2.75) is 6.42 Å². The number of carbonyl (C=O) groups excluding carboxylic acids is 1. The van der Waals surface area contributed by atoms with Gasteiger partial charge in [-0.1, -0.05) is 23.5 Å². The maximum absolute atomic E-state index is 13.1. The number of urea groups is 1. The molecule has 19 heavy (non-hydrogen) atoms. The van der Waals surface area contributed by atoms with Crippen LogP contribution < -0.4 is 5.32 Å². The highest BCUT2D eigenvalue weighted by Crippen LogP contribution is 2.25. The molecule has 1 N–H and O–H groups in total. The molecule has 1 aromatic carbocycles. The van der Waals surface area contributed by atoms with Gasteiger partial charge in [0.2, 0.25) is 0 Å². The van der Waals surface area contributed by atoms with E-state index >= 15 is 0 Å². The van der Waals surface area contributed by atoms with E-state index in [4.69, 9.17) is 0 Å². The van der Waals surface area contributed by atoms with Crippen molar-refractivity contribution < 1.29 is 9.18 Å². The number of thiazole rings is 1. The molecule has 6 heteroatoms. The second kappa shape index (κ2) is 4.97. The number of carbonyl (C=O) groups is 1. The summed E-state index contributed by atoms with van der Waals surface area (Å²) in [4.78, 5) is 17.7. The first-order valence-corrected chi connectivity index (χ1v) is 6.80. The van der Waals surface area contributed by atoms with E-state index in [2.05, 4.69) is 10.3 Å². The molecule has 1 aromatic heterocycles. The number of halogens is 1. The largest absolute Gasteiger partial charge is 0.324 e. The molecule has 0 fully saturated rings. The number of para-hydroxylation sites is 1. The normalized spacial score (nSPS) is 15.4. The molecule has 0 spiro atoms. The Kier molecular flexibility index (Phi) is 3.16. The number of amides is 2. The summed E-state index contributed by atoms with van der Waals surface area (Å²) < 4.78 is 14.1. The topological polar surface area (TPSA) is 45.2 Å². The maximum Gasteiger partial charge on any atom is 0.324 e. The van der Waals surface area contributed by atoms with Crippen LogP contribution in [0.3, 0.4) is 0 Å². The van der Waals surface area contributed by atoms with Gasteiger partial charge in [0.05, 0.1) is 16.8 Å². The zero-order valence-corrected chi connectivity index (χ0v) is 10.9. The average Bonchev–Trinajstić information content (AvgIpc) is 2.80. The Bertz CT molecular complexity index is 619. The molecule has 2 heterocycles. The van der Waals surface area contributed by atoms with Crippen LogP contribution >= 0.6 is 11.3 Å². The van der Waals surface area contributed by atoms with Crippen LogP contribution in [-0.2, 0) is 0 Å². The minimum atomic E-state index is -0.303. The minimum absolute atomic E-state index is 0.0384. The number of aromatic nitrogens is 1. The number of hydrogen-bond acceptors (Lipinski definition) is 3. The predicted octanol–water partition coefficient (Wildman–Crippen LogP) is 3.39. The molecule has 0 saturated carbocycles. The Morgan fingerprint density at radius 2 is 2.26 bits per heavy atom. The maximum atomic E-state index is 13.1. The van der Waals surface area contributed by atoms with Gasteiger partial charge in [0.1, 0.15) is 5.83 Å². The summed E-state index contributed by atoms with van der Waals surface area (Å²) in [6.07, 6.45) is 2.07. The van der Waals surface area contributed by atoms with Crippen molar-refractivity contribution in [3.05, 3.63) is 36.2 Å². The number of nitrogens with zero attached hydrogens (tertiary/aromatic N) is 2. The lowest BCUT2D eigenvalue weighted by Crippen LogP contribution is -2.38. The Morgan fingerprint density at radius 3 is 3.05 bits per heavy atom. The van der Waals surface area contributed by atoms with E-state index in [-0.39, 0.29) is 18.4 Å². The van der Waals surface area contributed by atoms with Crippen LogP contribution in [0.4, 0.5) is 14.3 Å². The first-order valence-electron chi connectivity index (χ1n) is 5.98. The fourth-order valence-electron chi connectivity index (χ4n) is 1.97. The van der Waals surface area contributed by atoms with Gasteiger partial charge in [-0.3, -0.25) is 5.32 Å². The number of nitrogens with one attached hydrogen (secondary N) is 1. The fourth-order valence-corrected chi connectivity index (χ4v) is 2.83. The van der Waals surface area contributed by atoms with E-state index in [0.717, 1.165) is 10.2 Å². The van der Waals surface area contributed by atoms with Crippen LogP contribution in [0.2, 0.25) is 0 Å². The second-order valence-electron chi connectivity index (χ2n) is 4.28. The predicted molar refractivity (Wildman–Crippen MR) is 74.0 cm³/mol. The summed E-state index contributed by atoms with van der Waals surface area (Å²) in [5, 5.41) is 3.26. The summed E-state index contributed by atoms with van der Waals surface area (Å²) >= 11 is 1.41. The smallest absolute Gasteiger partial charge is 0.317 e. The van der Waals surface area contributed by atoms with Gasteiger partial charge < -0.3 is 4.90 Å². The number of rotatable bonds is 1. The van der Waals surface area contributed by atoms with Crippen LogP contribution in [0.5, 0.6) is 0 Å². The Labute approximate surface area is 113 Å². The van der Waals surface area contributed by atoms with E-state index in [1.807, 2.05) is 24.3 Å². The first kappa shape index (κ1) is 12.1. The molecule has 98 valence electrons. The summed E-state index contributed by atoms with van der Waals surface area (Å²) in [5.74, 6) is -0.259. The van der Waals surface area contributed by atoms with Crippen molar-refractivity contribution in [3.63, 3.8) is 0 Å². The molecule has 3 rings (SSSR count). The van der Waals surface area contributed by atoms with Crippen molar-refractivity contribution >= 4 is 32.7 Å². The van der Waals surface area contributed by atoms with Crippen molar-refractivity contribution in [1.82, 2.24) is 9.88 Å². The molecule has 0 atom stereocenters. The summed E-state index contributed by atoms with van der Waals surface area (Å²) in [7, 11) is 0. The molecule has 2 aromatic rings. The third-order valence-electron chi connectivity index (χ3n) is 2.90. The molecule has 0 saturated heterocycles. The molecule has 0 radical (unpaired) electrons. The van der Waals surface area contributed by atoms with Gasteiger partial charge in [-0.05, 0) is 24.6 Å². The summed E-state index contributed by atoms with van der Waals surface area (Å²) in [5.41, 5.74) is 0.854. The molecule has 0 aliphatic carbocycles. The molecule has 0 bridgehead atoms. The molecule has 1 aliphatic heterocycles. The second-order valence-corrected chi connectivity index (χ2v) is 5.31. The van der Waals surface area contributed by atoms with Crippen LogP contribution in [-0.4, -0.2) is 29.0 Å². The zero-order valence-electron chi connectivity index (χ0n) is 10.1. The Balaban J connectivity index is 1.74. The van der Waals surface area contributed by atoms with Crippen LogP contribution in [0.25, 0.3) is 10.2 Å². The SMILES string of the molecule is O=C(Nc1nc2ccccc2s1)N1CCC=C(F)C1. The standard InChI is InChI=1S/C13H12FN3OS/c14-9-4-3-7-17(8-9)13(18)16-12-15-10-5-1-2-6-11(10)19-12/h1-2,4-6H,3,7-8H2,(H,15,16,18). The monoisotopic (exact) mass is 277 g/mol. The summed E-state index contributed by atoms with van der Waals surface area (Å²) in [6, 6.07) is 7.37. The number of anilines is 1. The fraction of sp³-hybridized carbons (Fsp3) is 0.231. The van der Waals surface area contributed by atoms with Gasteiger partial charge >= 0.3 is 6.03 Å². The van der Waals surface area contributed by atoms with Crippen molar-refractivity contribution in [2.75, 3.05) is 18.4 Å². The van der Waals surface area contributed by atoms with E-state index < -0.39 is 0 Å². The third kappa shape index (κ3) is 2.58. The molecular formula is C13H12FN3OS. The van der Waals surface area contributed by atoms with Crippen molar-refractivity contribution in [1.29, 1.82) is 0 Å². The lowest BCUT2D eigenvalue weighted by Gasteiger charge is -2.24. The number of hydrogen-bond donors (Lipinski definition) is 1. The van der Waals surface area contributed by atoms with E-state index in [1.54, 1.807) is 0 Å². The minimum Gasteiger partial charge on any atom is -0.317 e. The van der Waals surface area contributed by atoms with Gasteiger partial charge in [-0.2, -0.15) is 0 Å². The van der Waals surface area contributed by atoms with E-state index in [0.29, 0.717) is 18.1 Å². The highest BCUT2D eigenvalue weighted by atomic mass is 32.1. The van der Waals surface area contributed by atoms with E-state index in [9.17, 15) is 9.18 Å². The van der Waals surface area contributed by atoms with Crippen LogP contribution in [0.1, 0.15) is 6.42 Å². The van der Waals surface area contributed by atoms with Gasteiger partial charge in [0.15, 0.2) is 5.13 Å². The zero-order chi connectivity index (χ0) is 13.2. The number of fused-ring (bicyclic) bond motifs is 1. The van der Waals surface area contributed by atoms with Crippen molar-refractivity contribution in [2.24, 2.45) is 0 Å². The molecule has 0 unspecified atom stereocenters. The lowest BCUT2D eigenvalue weighted by atomic mass is 10.2. The molecule has 1 aliphatic rings. The molecular weight excluding hydrogens is 265 g/mol. The lowest BCUT2D eigenvalue weighted by molar-refractivity contribution is 0.210. The average molecular weight is 277 g/mol. The Morgan fingerprint density at radius 1 is 1.42 bits per heavy atom. The van der Waals surface area contributed by atoms with Gasteiger partial charge in [-0.25, -0.2) is 14.2 Å². The Hall–Kier alpha value is -1.95. The first-order chi connectivity index (χ1) is 9.22. The van der Waals surface area contributed by atoms with E-state index in [1.165, 1.54) is 22.3 Å². The number of benzene rings is 1. The van der Waals surface area contributed by atoms with Gasteiger partial charge in [0, 0.05) is 6.54 Å². The summed E-state index contributed by atoms with van der Waals surface area (Å²) in [6.45, 7) is 0.570. The highest BCUT2D eigenvalue weighted by Gasteiger charge is 2.19. The third-order valence-corrected chi connectivity index (χ3v) is 3.85. The van der Waals surface area contributed by atoms with Gasteiger partial charge in [-0.15, -0.1) is 0 Å². The van der Waals surface area contributed by atoms with Gasteiger partial charge in [0.25, 0.3) is 0 Å². The van der Waals surface area contributed by atoms with Crippen molar-refractivity contribution in [3.8, 4) is 0 Å². The molecule has 2 amide bonds. The molecule has 4 nitrogen and oxygen atoms in total. The van der Waals surface area contributed by atoms with Crippen LogP contribution in [0, 0.1) is 0 Å². The highest BCUT2D eigenvalue weighted by molar-refractivity contribution is 7.22.